The van der Waals surface area contributed by atoms with Crippen LogP contribution < -0.4 is 11.2 Å². The zero-order valence-corrected chi connectivity index (χ0v) is 18.4. The van der Waals surface area contributed by atoms with Gasteiger partial charge in [0.05, 0.1) is 15.8 Å². The van der Waals surface area contributed by atoms with Crippen molar-refractivity contribution < 1.29 is 8.42 Å². The summed E-state index contributed by atoms with van der Waals surface area (Å²) in [4.78, 5) is 29.5. The topological polar surface area (TPSA) is 103 Å². The Labute approximate surface area is 183 Å². The molecule has 0 aliphatic rings. The number of thiophene rings is 1. The molecule has 4 aromatic rings. The average molecular weight is 456 g/mol. The van der Waals surface area contributed by atoms with E-state index in [0.29, 0.717) is 6.42 Å². The molecule has 2 heterocycles. The van der Waals surface area contributed by atoms with Gasteiger partial charge in [-0.15, -0.1) is 11.3 Å². The van der Waals surface area contributed by atoms with E-state index in [1.807, 2.05) is 54.8 Å². The summed E-state index contributed by atoms with van der Waals surface area (Å²) in [6, 6.07) is 17.2. The van der Waals surface area contributed by atoms with Crippen molar-refractivity contribution in [2.75, 3.05) is 0 Å². The Morgan fingerprint density at radius 1 is 1.00 bits per heavy atom. The van der Waals surface area contributed by atoms with Crippen molar-refractivity contribution in [3.05, 3.63) is 97.3 Å². The first-order valence-electron chi connectivity index (χ1n) is 9.69. The first kappa shape index (κ1) is 21.2. The minimum absolute atomic E-state index is 0.00603. The lowest BCUT2D eigenvalue weighted by Gasteiger charge is -2.28. The highest BCUT2D eigenvalue weighted by Crippen LogP contribution is 2.25. The fraction of sp³-hybridized carbons (Fsp3) is 0.182. The molecule has 0 aliphatic carbocycles. The third-order valence-electron chi connectivity index (χ3n) is 5.07. The third-order valence-corrected chi connectivity index (χ3v) is 7.92. The van der Waals surface area contributed by atoms with E-state index in [1.54, 1.807) is 11.3 Å². The van der Waals surface area contributed by atoms with Crippen LogP contribution >= 0.6 is 11.3 Å². The number of aromatic amines is 2. The molecule has 0 spiro atoms. The highest BCUT2D eigenvalue weighted by Gasteiger charge is 2.30. The number of sulfonamides is 1. The number of nitrogens with one attached hydrogen (secondary N) is 2. The smallest absolute Gasteiger partial charge is 0.307 e. The number of hydrogen-bond donors (Lipinski definition) is 2. The predicted octanol–water partition coefficient (Wildman–Crippen LogP) is 3.10. The van der Waals surface area contributed by atoms with Gasteiger partial charge in [-0.3, -0.25) is 9.78 Å². The van der Waals surface area contributed by atoms with Crippen LogP contribution in [0.2, 0.25) is 0 Å². The Bertz CT molecular complexity index is 1410. The van der Waals surface area contributed by atoms with Crippen molar-refractivity contribution in [1.29, 1.82) is 0 Å². The van der Waals surface area contributed by atoms with Gasteiger partial charge in [0.2, 0.25) is 10.0 Å². The Balaban J connectivity index is 1.77. The van der Waals surface area contributed by atoms with Crippen molar-refractivity contribution in [3.63, 3.8) is 0 Å². The van der Waals surface area contributed by atoms with Gasteiger partial charge < -0.3 is 4.98 Å². The maximum Gasteiger partial charge on any atom is 0.326 e. The van der Waals surface area contributed by atoms with Gasteiger partial charge in [0, 0.05) is 17.5 Å². The lowest BCUT2D eigenvalue weighted by molar-refractivity contribution is 0.329. The molecule has 0 saturated carbocycles. The molecule has 2 N–H and O–H groups in total. The molecule has 0 aliphatic heterocycles. The molecule has 7 nitrogen and oxygen atoms in total. The molecular formula is C22H21N3O4S2. The fourth-order valence-corrected chi connectivity index (χ4v) is 5.97. The van der Waals surface area contributed by atoms with Gasteiger partial charge >= 0.3 is 5.69 Å². The van der Waals surface area contributed by atoms with Crippen LogP contribution in [0, 0.1) is 0 Å². The van der Waals surface area contributed by atoms with E-state index in [4.69, 9.17) is 0 Å². The highest BCUT2D eigenvalue weighted by molar-refractivity contribution is 7.89. The Kier molecular flexibility index (Phi) is 5.90. The molecule has 0 saturated heterocycles. The minimum Gasteiger partial charge on any atom is -0.307 e. The first-order valence-corrected chi connectivity index (χ1v) is 12.0. The van der Waals surface area contributed by atoms with Gasteiger partial charge in [-0.25, -0.2) is 13.2 Å². The zero-order chi connectivity index (χ0) is 22.0. The summed E-state index contributed by atoms with van der Waals surface area (Å²) < 4.78 is 28.8. The fourth-order valence-electron chi connectivity index (χ4n) is 3.50. The van der Waals surface area contributed by atoms with Gasteiger partial charge in [0.25, 0.3) is 5.56 Å². The number of aromatic nitrogens is 2. The Hall–Kier alpha value is -3.01. The van der Waals surface area contributed by atoms with E-state index < -0.39 is 21.3 Å². The third kappa shape index (κ3) is 4.53. The van der Waals surface area contributed by atoms with Crippen LogP contribution in [0.3, 0.4) is 0 Å². The molecule has 1 atom stereocenters. The monoisotopic (exact) mass is 455 g/mol. The summed E-state index contributed by atoms with van der Waals surface area (Å²) in [5, 5.41) is 2.08. The summed E-state index contributed by atoms with van der Waals surface area (Å²) >= 11 is 1.59. The molecule has 0 radical (unpaired) electrons. The van der Waals surface area contributed by atoms with Crippen molar-refractivity contribution >= 4 is 32.3 Å². The van der Waals surface area contributed by atoms with E-state index in [-0.39, 0.29) is 28.4 Å². The minimum atomic E-state index is -3.93. The van der Waals surface area contributed by atoms with E-state index in [2.05, 4.69) is 9.97 Å². The first-order chi connectivity index (χ1) is 14.8. The second kappa shape index (κ2) is 8.62. The van der Waals surface area contributed by atoms with Crippen LogP contribution in [0.5, 0.6) is 0 Å². The molecule has 0 amide bonds. The molecule has 4 rings (SSSR count). The highest BCUT2D eigenvalue weighted by atomic mass is 32.2. The normalized spacial score (nSPS) is 13.0. The van der Waals surface area contributed by atoms with Gasteiger partial charge in [0.15, 0.2) is 0 Å². The maximum atomic E-state index is 13.7. The molecule has 9 heteroatoms. The van der Waals surface area contributed by atoms with E-state index in [9.17, 15) is 18.0 Å². The van der Waals surface area contributed by atoms with Gasteiger partial charge in [0.1, 0.15) is 0 Å². The van der Waals surface area contributed by atoms with Gasteiger partial charge in [-0.2, -0.15) is 4.31 Å². The summed E-state index contributed by atoms with van der Waals surface area (Å²) in [6.45, 7) is 2.08. The molecule has 0 unspecified atom stereocenters. The second-order valence-corrected chi connectivity index (χ2v) is 10.2. The molecule has 0 bridgehead atoms. The molecule has 31 heavy (non-hydrogen) atoms. The second-order valence-electron chi connectivity index (χ2n) is 7.28. The Morgan fingerprint density at radius 2 is 1.77 bits per heavy atom. The van der Waals surface area contributed by atoms with Crippen LogP contribution in [-0.2, 0) is 23.0 Å². The number of fused-ring (bicyclic) bond motifs is 1. The average Bonchev–Trinajstić information content (AvgIpc) is 3.25. The van der Waals surface area contributed by atoms with Crippen molar-refractivity contribution in [3.8, 4) is 0 Å². The van der Waals surface area contributed by atoms with Crippen LogP contribution in [-0.4, -0.2) is 28.7 Å². The predicted molar refractivity (Wildman–Crippen MR) is 122 cm³/mol. The molecule has 160 valence electrons. The van der Waals surface area contributed by atoms with Gasteiger partial charge in [-0.1, -0.05) is 36.4 Å². The van der Waals surface area contributed by atoms with Crippen molar-refractivity contribution in [2.45, 2.75) is 30.8 Å². The van der Waals surface area contributed by atoms with Crippen LogP contribution in [0.15, 0.2) is 80.5 Å². The van der Waals surface area contributed by atoms with E-state index in [1.165, 1.54) is 22.5 Å². The summed E-state index contributed by atoms with van der Waals surface area (Å²) in [5.74, 6) is 0. The van der Waals surface area contributed by atoms with Crippen LogP contribution in [0.25, 0.3) is 10.9 Å². The van der Waals surface area contributed by atoms with Crippen LogP contribution in [0.1, 0.15) is 17.4 Å². The number of hydrogen-bond acceptors (Lipinski definition) is 5. The van der Waals surface area contributed by atoms with Crippen LogP contribution in [0.4, 0.5) is 0 Å². The molecule has 2 aromatic heterocycles. The maximum absolute atomic E-state index is 13.7. The van der Waals surface area contributed by atoms with E-state index in [0.717, 1.165) is 10.4 Å². The SMILES string of the molecule is C[C@@H](Cc1cccs1)N(Cc1ccccc1)S(=O)(=O)c1ccc2[nH]c(=O)[nH]c(=O)c2c1. The number of H-pyrrole nitrogens is 2. The molecule has 0 fully saturated rings. The molecular weight excluding hydrogens is 434 g/mol. The largest absolute Gasteiger partial charge is 0.326 e. The van der Waals surface area contributed by atoms with Crippen molar-refractivity contribution in [2.24, 2.45) is 0 Å². The lowest BCUT2D eigenvalue weighted by atomic mass is 10.1. The van der Waals surface area contributed by atoms with Crippen molar-refractivity contribution in [1.82, 2.24) is 14.3 Å². The number of rotatable bonds is 7. The summed E-state index contributed by atoms with van der Waals surface area (Å²) in [6.07, 6.45) is 0.575. The standard InChI is InChI=1S/C22H21N3O4S2/c1-15(12-17-8-5-11-30-17)25(14-16-6-3-2-4-7-16)31(28,29)18-9-10-20-19(13-18)21(26)24-22(27)23-20/h2-11,13,15H,12,14H2,1H3,(H2,23,24,26,27)/t15-/m0/s1. The lowest BCUT2D eigenvalue weighted by Crippen LogP contribution is -2.39. The number of benzene rings is 2. The Morgan fingerprint density at radius 3 is 2.48 bits per heavy atom. The quantitative estimate of drug-likeness (QED) is 0.447. The van der Waals surface area contributed by atoms with Gasteiger partial charge in [-0.05, 0) is 48.6 Å². The zero-order valence-electron chi connectivity index (χ0n) is 16.7. The summed E-state index contributed by atoms with van der Waals surface area (Å²) in [5.41, 5.74) is -0.110. The summed E-state index contributed by atoms with van der Waals surface area (Å²) in [7, 11) is -3.93. The number of nitrogens with zero attached hydrogens (tertiary/aromatic N) is 1. The van der Waals surface area contributed by atoms with E-state index >= 15 is 0 Å². The molecule has 2 aromatic carbocycles.